The maximum atomic E-state index is 12.6. The number of carbonyl (C=O) groups is 1. The summed E-state index contributed by atoms with van der Waals surface area (Å²) in [6.07, 6.45) is 0.885. The fourth-order valence-electron chi connectivity index (χ4n) is 2.64. The Labute approximate surface area is 129 Å². The molecule has 3 rings (SSSR count). The molecule has 1 aliphatic heterocycles. The van der Waals surface area contributed by atoms with Crippen molar-refractivity contribution in [2.24, 2.45) is 0 Å². The summed E-state index contributed by atoms with van der Waals surface area (Å²) in [5.74, 6) is 0.623. The fraction of sp³-hybridized carbons (Fsp3) is 0.235. The van der Waals surface area contributed by atoms with Gasteiger partial charge in [0.15, 0.2) is 0 Å². The maximum absolute atomic E-state index is 12.6. The molecule has 1 heterocycles. The average Bonchev–Trinajstić information content (AvgIpc) is 2.53. The molecule has 3 nitrogen and oxygen atoms in total. The van der Waals surface area contributed by atoms with Crippen LogP contribution in [0.4, 0.5) is 0 Å². The first-order chi connectivity index (χ1) is 10.2. The minimum absolute atomic E-state index is 0.0304. The Kier molecular flexibility index (Phi) is 3.84. The summed E-state index contributed by atoms with van der Waals surface area (Å²) in [4.78, 5) is 14.5. The molecule has 0 atom stereocenters. The van der Waals surface area contributed by atoms with Crippen LogP contribution in [0.5, 0.6) is 5.75 Å². The number of carbonyl (C=O) groups excluding carboxylic acids is 1. The number of ether oxygens (including phenoxy) is 1. The van der Waals surface area contributed by atoms with Crippen LogP contribution in [0.2, 0.25) is 5.02 Å². The number of fused-ring (bicyclic) bond motifs is 1. The number of nitrogens with zero attached hydrogens (tertiary/aromatic N) is 1. The normalized spacial score (nSPS) is 13.7. The lowest BCUT2D eigenvalue weighted by Crippen LogP contribution is -2.36. The van der Waals surface area contributed by atoms with Gasteiger partial charge in [0.05, 0.1) is 17.7 Å². The van der Waals surface area contributed by atoms with E-state index in [4.69, 9.17) is 16.3 Å². The fourth-order valence-corrected chi connectivity index (χ4v) is 2.89. The van der Waals surface area contributed by atoms with Gasteiger partial charge in [-0.3, -0.25) is 4.79 Å². The molecule has 1 amide bonds. The summed E-state index contributed by atoms with van der Waals surface area (Å²) in [5.41, 5.74) is 3.06. The molecule has 0 aromatic heterocycles. The second-order valence-corrected chi connectivity index (χ2v) is 5.50. The number of hydrogen-bond donors (Lipinski definition) is 0. The number of methoxy groups -OCH3 is 1. The van der Waals surface area contributed by atoms with Crippen molar-refractivity contribution in [3.63, 3.8) is 0 Å². The molecule has 108 valence electrons. The Morgan fingerprint density at radius 2 is 1.95 bits per heavy atom. The van der Waals surface area contributed by atoms with Crippen LogP contribution in [0.1, 0.15) is 21.5 Å². The molecule has 0 fully saturated rings. The number of halogens is 1. The van der Waals surface area contributed by atoms with Crippen LogP contribution in [0.3, 0.4) is 0 Å². The van der Waals surface area contributed by atoms with E-state index in [0.29, 0.717) is 22.9 Å². The van der Waals surface area contributed by atoms with E-state index in [1.54, 1.807) is 25.3 Å². The standard InChI is InChI=1S/C17H16ClNO2/c1-21-14-6-7-15(16(18)10-14)17(20)19-9-8-12-4-2-3-5-13(12)11-19/h2-7,10H,8-9,11H2,1H3. The quantitative estimate of drug-likeness (QED) is 0.849. The smallest absolute Gasteiger partial charge is 0.255 e. The monoisotopic (exact) mass is 301 g/mol. The van der Waals surface area contributed by atoms with Gasteiger partial charge in [-0.2, -0.15) is 0 Å². The van der Waals surface area contributed by atoms with Crippen molar-refractivity contribution in [2.45, 2.75) is 13.0 Å². The van der Waals surface area contributed by atoms with Gasteiger partial charge in [-0.05, 0) is 35.7 Å². The molecular weight excluding hydrogens is 286 g/mol. The van der Waals surface area contributed by atoms with Crippen LogP contribution in [-0.2, 0) is 13.0 Å². The van der Waals surface area contributed by atoms with Gasteiger partial charge in [0.2, 0.25) is 0 Å². The van der Waals surface area contributed by atoms with Crippen molar-refractivity contribution in [1.82, 2.24) is 4.90 Å². The van der Waals surface area contributed by atoms with E-state index in [9.17, 15) is 4.79 Å². The van der Waals surface area contributed by atoms with Crippen LogP contribution in [0, 0.1) is 0 Å². The number of benzene rings is 2. The molecule has 0 radical (unpaired) electrons. The highest BCUT2D eigenvalue weighted by molar-refractivity contribution is 6.34. The molecule has 1 aliphatic rings. The molecule has 2 aromatic carbocycles. The summed E-state index contributed by atoms with van der Waals surface area (Å²) in [6, 6.07) is 13.4. The van der Waals surface area contributed by atoms with Gasteiger partial charge in [-0.25, -0.2) is 0 Å². The molecule has 0 unspecified atom stereocenters. The van der Waals surface area contributed by atoms with Crippen LogP contribution in [0.25, 0.3) is 0 Å². The van der Waals surface area contributed by atoms with Gasteiger partial charge in [-0.15, -0.1) is 0 Å². The van der Waals surface area contributed by atoms with E-state index in [1.807, 2.05) is 17.0 Å². The van der Waals surface area contributed by atoms with Crippen LogP contribution >= 0.6 is 11.6 Å². The van der Waals surface area contributed by atoms with E-state index >= 15 is 0 Å². The Balaban J connectivity index is 1.84. The van der Waals surface area contributed by atoms with E-state index < -0.39 is 0 Å². The first-order valence-electron chi connectivity index (χ1n) is 6.88. The largest absolute Gasteiger partial charge is 0.497 e. The SMILES string of the molecule is COc1ccc(C(=O)N2CCc3ccccc3C2)c(Cl)c1. The predicted molar refractivity (Wildman–Crippen MR) is 82.9 cm³/mol. The number of hydrogen-bond acceptors (Lipinski definition) is 2. The Morgan fingerprint density at radius 3 is 2.67 bits per heavy atom. The van der Waals surface area contributed by atoms with Gasteiger partial charge >= 0.3 is 0 Å². The highest BCUT2D eigenvalue weighted by atomic mass is 35.5. The zero-order chi connectivity index (χ0) is 14.8. The van der Waals surface area contributed by atoms with Gasteiger partial charge in [0.25, 0.3) is 5.91 Å². The maximum Gasteiger partial charge on any atom is 0.255 e. The summed E-state index contributed by atoms with van der Waals surface area (Å²) in [7, 11) is 1.58. The van der Waals surface area contributed by atoms with Crippen molar-refractivity contribution < 1.29 is 9.53 Å². The minimum atomic E-state index is -0.0304. The molecule has 4 heteroatoms. The van der Waals surface area contributed by atoms with Crippen LogP contribution in [-0.4, -0.2) is 24.5 Å². The summed E-state index contributed by atoms with van der Waals surface area (Å²) in [5, 5.41) is 0.429. The highest BCUT2D eigenvalue weighted by Gasteiger charge is 2.23. The lowest BCUT2D eigenvalue weighted by molar-refractivity contribution is 0.0735. The van der Waals surface area contributed by atoms with Gasteiger partial charge in [0, 0.05) is 13.1 Å². The summed E-state index contributed by atoms with van der Waals surface area (Å²) < 4.78 is 5.11. The van der Waals surface area contributed by atoms with Gasteiger partial charge in [-0.1, -0.05) is 35.9 Å². The van der Waals surface area contributed by atoms with Crippen LogP contribution in [0.15, 0.2) is 42.5 Å². The van der Waals surface area contributed by atoms with Crippen molar-refractivity contribution in [1.29, 1.82) is 0 Å². The van der Waals surface area contributed by atoms with Crippen LogP contribution < -0.4 is 4.74 Å². The Hall–Kier alpha value is -2.00. The van der Waals surface area contributed by atoms with E-state index in [0.717, 1.165) is 13.0 Å². The lowest BCUT2D eigenvalue weighted by Gasteiger charge is -2.29. The van der Waals surface area contributed by atoms with E-state index in [-0.39, 0.29) is 5.91 Å². The van der Waals surface area contributed by atoms with Crippen molar-refractivity contribution >= 4 is 17.5 Å². The molecular formula is C17H16ClNO2. The zero-order valence-electron chi connectivity index (χ0n) is 11.8. The lowest BCUT2D eigenvalue weighted by atomic mass is 9.99. The van der Waals surface area contributed by atoms with Crippen molar-refractivity contribution in [3.8, 4) is 5.75 Å². The number of rotatable bonds is 2. The van der Waals surface area contributed by atoms with Crippen molar-refractivity contribution in [3.05, 3.63) is 64.2 Å². The predicted octanol–water partition coefficient (Wildman–Crippen LogP) is 3.55. The first kappa shape index (κ1) is 14.0. The molecule has 0 N–H and O–H groups in total. The second-order valence-electron chi connectivity index (χ2n) is 5.09. The number of amides is 1. The molecule has 0 bridgehead atoms. The summed E-state index contributed by atoms with van der Waals surface area (Å²) >= 11 is 6.19. The topological polar surface area (TPSA) is 29.5 Å². The van der Waals surface area contributed by atoms with E-state index in [1.165, 1.54) is 11.1 Å². The van der Waals surface area contributed by atoms with Crippen molar-refractivity contribution in [2.75, 3.05) is 13.7 Å². The third-order valence-electron chi connectivity index (χ3n) is 3.82. The Morgan fingerprint density at radius 1 is 1.19 bits per heavy atom. The van der Waals surface area contributed by atoms with E-state index in [2.05, 4.69) is 12.1 Å². The third-order valence-corrected chi connectivity index (χ3v) is 4.14. The Bertz CT molecular complexity index is 684. The second kappa shape index (κ2) is 5.78. The molecule has 0 aliphatic carbocycles. The summed E-state index contributed by atoms with van der Waals surface area (Å²) in [6.45, 7) is 1.36. The molecule has 0 saturated heterocycles. The first-order valence-corrected chi connectivity index (χ1v) is 7.26. The molecule has 0 spiro atoms. The molecule has 21 heavy (non-hydrogen) atoms. The average molecular weight is 302 g/mol. The van der Waals surface area contributed by atoms with Gasteiger partial charge in [0.1, 0.15) is 5.75 Å². The van der Waals surface area contributed by atoms with Gasteiger partial charge < -0.3 is 9.64 Å². The highest BCUT2D eigenvalue weighted by Crippen LogP contribution is 2.26. The molecule has 0 saturated carbocycles. The minimum Gasteiger partial charge on any atom is -0.497 e. The molecule has 2 aromatic rings. The third kappa shape index (κ3) is 2.74. The zero-order valence-corrected chi connectivity index (χ0v) is 12.6.